The number of halogens is 1. The summed E-state index contributed by atoms with van der Waals surface area (Å²) < 4.78 is 0. The minimum atomic E-state index is 0.0126. The number of rotatable bonds is 5. The molecular weight excluding hydrogens is 274 g/mol. The summed E-state index contributed by atoms with van der Waals surface area (Å²) in [6.45, 7) is 3.56. The van der Waals surface area contributed by atoms with Crippen LogP contribution in [0.4, 0.5) is 5.69 Å². The quantitative estimate of drug-likeness (QED) is 0.875. The van der Waals surface area contributed by atoms with Crippen LogP contribution in [0.5, 0.6) is 0 Å². The number of carbonyl (C=O) groups excluding carboxylic acids is 1. The summed E-state index contributed by atoms with van der Waals surface area (Å²) in [5.74, 6) is 0.663. The Bertz CT molecular complexity index is 429. The van der Waals surface area contributed by atoms with Gasteiger partial charge in [0.15, 0.2) is 0 Å². The number of amides is 1. The molecule has 110 valence electrons. The minimum Gasteiger partial charge on any atom is -0.325 e. The molecule has 1 unspecified atom stereocenters. The SMILES string of the molecule is CN(CC(=O)Nc1ccc(Cl)cc1)CC1CCCNC1. The first-order chi connectivity index (χ1) is 9.63. The van der Waals surface area contributed by atoms with E-state index in [0.29, 0.717) is 17.5 Å². The molecule has 20 heavy (non-hydrogen) atoms. The highest BCUT2D eigenvalue weighted by Gasteiger charge is 2.16. The predicted molar refractivity (Wildman–Crippen MR) is 83.2 cm³/mol. The fraction of sp³-hybridized carbons (Fsp3) is 0.533. The van der Waals surface area contributed by atoms with Gasteiger partial charge in [0.2, 0.25) is 5.91 Å². The fourth-order valence-corrected chi connectivity index (χ4v) is 2.69. The van der Waals surface area contributed by atoms with Gasteiger partial charge in [-0.3, -0.25) is 9.69 Å². The predicted octanol–water partition coefficient (Wildman–Crippen LogP) is 2.21. The lowest BCUT2D eigenvalue weighted by atomic mass is 9.99. The third kappa shape index (κ3) is 5.12. The topological polar surface area (TPSA) is 44.4 Å². The third-order valence-electron chi connectivity index (χ3n) is 3.51. The van der Waals surface area contributed by atoms with Gasteiger partial charge in [0, 0.05) is 17.3 Å². The van der Waals surface area contributed by atoms with E-state index in [0.717, 1.165) is 25.3 Å². The number of anilines is 1. The van der Waals surface area contributed by atoms with Gasteiger partial charge in [0.25, 0.3) is 0 Å². The van der Waals surface area contributed by atoms with Crippen LogP contribution in [0.1, 0.15) is 12.8 Å². The van der Waals surface area contributed by atoms with Gasteiger partial charge >= 0.3 is 0 Å². The molecule has 1 fully saturated rings. The van der Waals surface area contributed by atoms with E-state index in [2.05, 4.69) is 15.5 Å². The zero-order chi connectivity index (χ0) is 14.4. The first-order valence-electron chi connectivity index (χ1n) is 7.08. The van der Waals surface area contributed by atoms with Crippen molar-refractivity contribution in [2.45, 2.75) is 12.8 Å². The molecule has 1 heterocycles. The summed E-state index contributed by atoms with van der Waals surface area (Å²) in [6.07, 6.45) is 2.48. The minimum absolute atomic E-state index is 0.0126. The normalized spacial score (nSPS) is 19.1. The number of piperidine rings is 1. The van der Waals surface area contributed by atoms with Crippen LogP contribution in [0.15, 0.2) is 24.3 Å². The van der Waals surface area contributed by atoms with Crippen molar-refractivity contribution in [3.05, 3.63) is 29.3 Å². The highest BCUT2D eigenvalue weighted by atomic mass is 35.5. The van der Waals surface area contributed by atoms with Crippen LogP contribution in [0, 0.1) is 5.92 Å². The number of nitrogens with one attached hydrogen (secondary N) is 2. The van der Waals surface area contributed by atoms with Crippen LogP contribution in [0.3, 0.4) is 0 Å². The Labute approximate surface area is 125 Å². The van der Waals surface area contributed by atoms with Crippen molar-refractivity contribution < 1.29 is 4.79 Å². The van der Waals surface area contributed by atoms with E-state index in [1.165, 1.54) is 12.8 Å². The number of nitrogens with zero attached hydrogens (tertiary/aromatic N) is 1. The number of likely N-dealkylation sites (N-methyl/N-ethyl adjacent to an activating group) is 1. The third-order valence-corrected chi connectivity index (χ3v) is 3.76. The van der Waals surface area contributed by atoms with E-state index < -0.39 is 0 Å². The Hall–Kier alpha value is -1.10. The van der Waals surface area contributed by atoms with Crippen LogP contribution >= 0.6 is 11.6 Å². The summed E-state index contributed by atoms with van der Waals surface area (Å²) in [6, 6.07) is 7.17. The second kappa shape index (κ2) is 7.62. The molecule has 0 bridgehead atoms. The van der Waals surface area contributed by atoms with Crippen LogP contribution in [0.25, 0.3) is 0 Å². The first-order valence-corrected chi connectivity index (χ1v) is 7.46. The van der Waals surface area contributed by atoms with Crippen molar-refractivity contribution in [2.75, 3.05) is 38.5 Å². The molecule has 4 nitrogen and oxygen atoms in total. The smallest absolute Gasteiger partial charge is 0.238 e. The molecule has 0 spiro atoms. The summed E-state index contributed by atoms with van der Waals surface area (Å²) in [7, 11) is 2.00. The molecule has 1 atom stereocenters. The van der Waals surface area contributed by atoms with E-state index in [9.17, 15) is 4.79 Å². The van der Waals surface area contributed by atoms with Crippen molar-refractivity contribution in [3.63, 3.8) is 0 Å². The lowest BCUT2D eigenvalue weighted by molar-refractivity contribution is -0.117. The maximum atomic E-state index is 11.9. The summed E-state index contributed by atoms with van der Waals surface area (Å²) in [5, 5.41) is 6.95. The van der Waals surface area contributed by atoms with Gasteiger partial charge in [0.1, 0.15) is 0 Å². The van der Waals surface area contributed by atoms with Crippen LogP contribution in [0.2, 0.25) is 5.02 Å². The first kappa shape index (κ1) is 15.3. The highest BCUT2D eigenvalue weighted by Crippen LogP contribution is 2.14. The van der Waals surface area contributed by atoms with E-state index in [-0.39, 0.29) is 5.91 Å². The Balaban J connectivity index is 1.74. The molecule has 0 saturated carbocycles. The van der Waals surface area contributed by atoms with Crippen molar-refractivity contribution in [2.24, 2.45) is 5.92 Å². The summed E-state index contributed by atoms with van der Waals surface area (Å²) in [5.41, 5.74) is 0.784. The number of benzene rings is 1. The van der Waals surface area contributed by atoms with Gasteiger partial charge in [-0.25, -0.2) is 0 Å². The maximum absolute atomic E-state index is 11.9. The van der Waals surface area contributed by atoms with Crippen molar-refractivity contribution in [1.29, 1.82) is 0 Å². The molecule has 1 saturated heterocycles. The average molecular weight is 296 g/mol. The lowest BCUT2D eigenvalue weighted by Crippen LogP contribution is -2.39. The van der Waals surface area contributed by atoms with Crippen LogP contribution in [-0.2, 0) is 4.79 Å². The molecule has 2 rings (SSSR count). The molecular formula is C15H22ClN3O. The Morgan fingerprint density at radius 1 is 1.45 bits per heavy atom. The van der Waals surface area contributed by atoms with Gasteiger partial charge in [0.05, 0.1) is 6.54 Å². The number of carbonyl (C=O) groups is 1. The summed E-state index contributed by atoms with van der Waals surface area (Å²) >= 11 is 5.81. The van der Waals surface area contributed by atoms with E-state index in [1.54, 1.807) is 12.1 Å². The largest absolute Gasteiger partial charge is 0.325 e. The van der Waals surface area contributed by atoms with Gasteiger partial charge < -0.3 is 10.6 Å². The highest BCUT2D eigenvalue weighted by molar-refractivity contribution is 6.30. The molecule has 1 aliphatic heterocycles. The molecule has 0 aliphatic carbocycles. The standard InChI is InChI=1S/C15H22ClN3O/c1-19(10-12-3-2-8-17-9-12)11-15(20)18-14-6-4-13(16)5-7-14/h4-7,12,17H,2-3,8-11H2,1H3,(H,18,20). The molecule has 0 radical (unpaired) electrons. The second-order valence-corrected chi connectivity index (χ2v) is 5.90. The van der Waals surface area contributed by atoms with Gasteiger partial charge in [-0.05, 0) is 63.2 Å². The number of hydrogen-bond donors (Lipinski definition) is 2. The number of hydrogen-bond acceptors (Lipinski definition) is 3. The molecule has 0 aromatic heterocycles. The van der Waals surface area contributed by atoms with Crippen molar-refractivity contribution in [3.8, 4) is 0 Å². The van der Waals surface area contributed by atoms with Gasteiger partial charge in [-0.2, -0.15) is 0 Å². The summed E-state index contributed by atoms with van der Waals surface area (Å²) in [4.78, 5) is 14.0. The Morgan fingerprint density at radius 3 is 2.85 bits per heavy atom. The van der Waals surface area contributed by atoms with Gasteiger partial charge in [-0.15, -0.1) is 0 Å². The molecule has 1 aliphatic rings. The molecule has 2 N–H and O–H groups in total. The van der Waals surface area contributed by atoms with E-state index >= 15 is 0 Å². The molecule has 1 aromatic rings. The van der Waals surface area contributed by atoms with E-state index in [1.807, 2.05) is 19.2 Å². The zero-order valence-corrected chi connectivity index (χ0v) is 12.6. The molecule has 1 aromatic carbocycles. The second-order valence-electron chi connectivity index (χ2n) is 5.46. The monoisotopic (exact) mass is 295 g/mol. The zero-order valence-electron chi connectivity index (χ0n) is 11.9. The van der Waals surface area contributed by atoms with Crippen molar-refractivity contribution in [1.82, 2.24) is 10.2 Å². The lowest BCUT2D eigenvalue weighted by Gasteiger charge is -2.27. The van der Waals surface area contributed by atoms with Gasteiger partial charge in [-0.1, -0.05) is 11.6 Å². The van der Waals surface area contributed by atoms with Crippen LogP contribution < -0.4 is 10.6 Å². The fourth-order valence-electron chi connectivity index (χ4n) is 2.56. The van der Waals surface area contributed by atoms with E-state index in [4.69, 9.17) is 11.6 Å². The Kier molecular flexibility index (Phi) is 5.83. The van der Waals surface area contributed by atoms with Crippen molar-refractivity contribution >= 4 is 23.2 Å². The Morgan fingerprint density at radius 2 is 2.20 bits per heavy atom. The van der Waals surface area contributed by atoms with Crippen LogP contribution in [-0.4, -0.2) is 44.0 Å². The average Bonchev–Trinajstić information content (AvgIpc) is 2.42. The molecule has 5 heteroatoms. The maximum Gasteiger partial charge on any atom is 0.238 e. The molecule has 1 amide bonds.